The van der Waals surface area contributed by atoms with Crippen molar-refractivity contribution in [1.82, 2.24) is 9.97 Å². The third kappa shape index (κ3) is 2.62. The lowest BCUT2D eigenvalue weighted by molar-refractivity contribution is 0.620. The minimum absolute atomic E-state index is 0.557. The average molecular weight is 183 g/mol. The third-order valence-electron chi connectivity index (χ3n) is 1.41. The number of nitrogens with zero attached hydrogens (tertiary/aromatic N) is 1. The first-order valence-corrected chi connectivity index (χ1v) is 4.34. The second kappa shape index (κ2) is 3.67. The van der Waals surface area contributed by atoms with Gasteiger partial charge >= 0.3 is 0 Å². The van der Waals surface area contributed by atoms with Crippen molar-refractivity contribution >= 4 is 18.0 Å². The van der Waals surface area contributed by atoms with E-state index in [2.05, 4.69) is 23.8 Å². The van der Waals surface area contributed by atoms with Gasteiger partial charge in [0.15, 0.2) is 0 Å². The molecule has 0 atom stereocenters. The number of H-pyrrole nitrogens is 1. The monoisotopic (exact) mass is 183 g/mol. The van der Waals surface area contributed by atoms with Crippen molar-refractivity contribution in [2.45, 2.75) is 20.3 Å². The van der Waals surface area contributed by atoms with Crippen LogP contribution in [0.1, 0.15) is 19.7 Å². The lowest BCUT2D eigenvalue weighted by Gasteiger charge is -2.04. The lowest BCUT2D eigenvalue weighted by atomic mass is 10.1. The maximum Gasteiger partial charge on any atom is 0.131 e. The first-order chi connectivity index (χ1) is 5.58. The second-order valence-electron chi connectivity index (χ2n) is 3.22. The first-order valence-electron chi connectivity index (χ1n) is 3.93. The molecular formula is C8H13N3S. The molecule has 0 aliphatic rings. The zero-order valence-electron chi connectivity index (χ0n) is 7.29. The fraction of sp³-hybridized carbons (Fsp3) is 0.500. The van der Waals surface area contributed by atoms with Gasteiger partial charge in [-0.05, 0) is 5.92 Å². The Hall–Kier alpha value is -0.900. The van der Waals surface area contributed by atoms with Gasteiger partial charge in [-0.15, -0.1) is 0 Å². The van der Waals surface area contributed by atoms with Gasteiger partial charge < -0.3 is 10.7 Å². The molecule has 0 bridgehead atoms. The van der Waals surface area contributed by atoms with Gasteiger partial charge in [-0.25, -0.2) is 4.98 Å². The number of aromatic nitrogens is 2. The molecule has 1 rings (SSSR count). The Balaban J connectivity index is 2.93. The highest BCUT2D eigenvalue weighted by Crippen LogP contribution is 2.04. The van der Waals surface area contributed by atoms with E-state index in [9.17, 15) is 0 Å². The molecule has 0 spiro atoms. The molecule has 0 radical (unpaired) electrons. The molecule has 0 unspecified atom stereocenters. The SMILES string of the molecule is CC(C)Cc1nc(=S)cc(N)[nH]1. The van der Waals surface area contributed by atoms with E-state index in [0.717, 1.165) is 12.2 Å². The van der Waals surface area contributed by atoms with Crippen molar-refractivity contribution in [3.63, 3.8) is 0 Å². The van der Waals surface area contributed by atoms with Crippen molar-refractivity contribution in [3.8, 4) is 0 Å². The van der Waals surface area contributed by atoms with Crippen molar-refractivity contribution < 1.29 is 0 Å². The number of aromatic amines is 1. The Labute approximate surface area is 77.0 Å². The quantitative estimate of drug-likeness (QED) is 0.689. The summed E-state index contributed by atoms with van der Waals surface area (Å²) >= 11 is 4.93. The summed E-state index contributed by atoms with van der Waals surface area (Å²) in [5.41, 5.74) is 5.57. The number of nitrogen functional groups attached to an aromatic ring is 1. The molecule has 1 aromatic heterocycles. The van der Waals surface area contributed by atoms with E-state index in [1.54, 1.807) is 6.07 Å². The molecule has 0 fully saturated rings. The Morgan fingerprint density at radius 3 is 2.83 bits per heavy atom. The number of anilines is 1. The van der Waals surface area contributed by atoms with Crippen LogP contribution in [0.15, 0.2) is 6.07 Å². The van der Waals surface area contributed by atoms with Crippen LogP contribution >= 0.6 is 12.2 Å². The highest BCUT2D eigenvalue weighted by Gasteiger charge is 1.99. The summed E-state index contributed by atoms with van der Waals surface area (Å²) < 4.78 is 0.557. The largest absolute Gasteiger partial charge is 0.385 e. The highest BCUT2D eigenvalue weighted by molar-refractivity contribution is 7.71. The minimum atomic E-state index is 0.557. The predicted octanol–water partition coefficient (Wildman–Crippen LogP) is 1.92. The van der Waals surface area contributed by atoms with Crippen LogP contribution in [0.2, 0.25) is 0 Å². The predicted molar refractivity (Wildman–Crippen MR) is 52.4 cm³/mol. The number of hydrogen-bond acceptors (Lipinski definition) is 3. The van der Waals surface area contributed by atoms with Crippen LogP contribution < -0.4 is 5.73 Å². The van der Waals surface area contributed by atoms with Gasteiger partial charge in [0.25, 0.3) is 0 Å². The van der Waals surface area contributed by atoms with Crippen LogP contribution in [0, 0.1) is 10.6 Å². The Morgan fingerprint density at radius 2 is 2.33 bits per heavy atom. The van der Waals surface area contributed by atoms with E-state index in [1.807, 2.05) is 0 Å². The molecule has 12 heavy (non-hydrogen) atoms. The van der Waals surface area contributed by atoms with Crippen molar-refractivity contribution in [3.05, 3.63) is 16.5 Å². The number of hydrogen-bond donors (Lipinski definition) is 2. The zero-order valence-corrected chi connectivity index (χ0v) is 8.11. The van der Waals surface area contributed by atoms with Crippen LogP contribution in [-0.2, 0) is 6.42 Å². The number of nitrogens with two attached hydrogens (primary N) is 1. The highest BCUT2D eigenvalue weighted by atomic mass is 32.1. The second-order valence-corrected chi connectivity index (χ2v) is 3.64. The third-order valence-corrected chi connectivity index (χ3v) is 1.62. The topological polar surface area (TPSA) is 54.7 Å². The van der Waals surface area contributed by atoms with E-state index >= 15 is 0 Å². The molecule has 0 aliphatic heterocycles. The maximum absolute atomic E-state index is 5.57. The summed E-state index contributed by atoms with van der Waals surface area (Å²) in [4.78, 5) is 7.13. The molecule has 3 nitrogen and oxygen atoms in total. The summed E-state index contributed by atoms with van der Waals surface area (Å²) in [6, 6.07) is 1.65. The van der Waals surface area contributed by atoms with Crippen LogP contribution in [0.4, 0.5) is 5.82 Å². The van der Waals surface area contributed by atoms with E-state index in [0.29, 0.717) is 16.4 Å². The van der Waals surface area contributed by atoms with Gasteiger partial charge in [0.1, 0.15) is 16.3 Å². The standard InChI is InChI=1S/C8H13N3S/c1-5(2)3-7-10-6(9)4-8(12)11-7/h4-5H,3H2,1-2H3,(H3,9,10,11,12). The summed E-state index contributed by atoms with van der Waals surface area (Å²) in [6.07, 6.45) is 0.884. The summed E-state index contributed by atoms with van der Waals surface area (Å²) in [5.74, 6) is 2.02. The summed E-state index contributed by atoms with van der Waals surface area (Å²) in [6.45, 7) is 4.25. The molecule has 0 amide bonds. The molecule has 0 saturated carbocycles. The van der Waals surface area contributed by atoms with E-state index in [-0.39, 0.29) is 0 Å². The van der Waals surface area contributed by atoms with E-state index < -0.39 is 0 Å². The maximum atomic E-state index is 5.57. The summed E-state index contributed by atoms with van der Waals surface area (Å²) in [5, 5.41) is 0. The Bertz CT molecular complexity index is 316. The van der Waals surface area contributed by atoms with Crippen molar-refractivity contribution in [2.75, 3.05) is 5.73 Å². The number of nitrogens with one attached hydrogen (secondary N) is 1. The molecule has 1 aromatic rings. The van der Waals surface area contributed by atoms with Crippen LogP contribution in [0.5, 0.6) is 0 Å². The minimum Gasteiger partial charge on any atom is -0.385 e. The molecule has 0 aliphatic carbocycles. The van der Waals surface area contributed by atoms with Gasteiger partial charge in [0.05, 0.1) is 0 Å². The van der Waals surface area contributed by atoms with Gasteiger partial charge in [0, 0.05) is 12.5 Å². The molecule has 66 valence electrons. The fourth-order valence-electron chi connectivity index (χ4n) is 1.01. The molecule has 0 saturated heterocycles. The molecule has 3 N–H and O–H groups in total. The van der Waals surface area contributed by atoms with Crippen molar-refractivity contribution in [2.24, 2.45) is 5.92 Å². The molecule has 0 aromatic carbocycles. The normalized spacial score (nSPS) is 10.6. The average Bonchev–Trinajstić information content (AvgIpc) is 1.81. The van der Waals surface area contributed by atoms with Gasteiger partial charge in [0.2, 0.25) is 0 Å². The Kier molecular flexibility index (Phi) is 2.81. The van der Waals surface area contributed by atoms with Crippen LogP contribution in [0.25, 0.3) is 0 Å². The van der Waals surface area contributed by atoms with Gasteiger partial charge in [-0.3, -0.25) is 0 Å². The van der Waals surface area contributed by atoms with E-state index in [4.69, 9.17) is 18.0 Å². The van der Waals surface area contributed by atoms with E-state index in [1.165, 1.54) is 0 Å². The van der Waals surface area contributed by atoms with Crippen molar-refractivity contribution in [1.29, 1.82) is 0 Å². The molecule has 4 heteroatoms. The summed E-state index contributed by atoms with van der Waals surface area (Å²) in [7, 11) is 0. The van der Waals surface area contributed by atoms with Gasteiger partial charge in [-0.2, -0.15) is 0 Å². The number of rotatable bonds is 2. The lowest BCUT2D eigenvalue weighted by Crippen LogP contribution is -2.03. The zero-order chi connectivity index (χ0) is 9.14. The molecule has 1 heterocycles. The Morgan fingerprint density at radius 1 is 1.67 bits per heavy atom. The van der Waals surface area contributed by atoms with Gasteiger partial charge in [-0.1, -0.05) is 26.1 Å². The fourth-order valence-corrected chi connectivity index (χ4v) is 1.25. The molecular weight excluding hydrogens is 170 g/mol. The van der Waals surface area contributed by atoms with Crippen LogP contribution in [0.3, 0.4) is 0 Å². The van der Waals surface area contributed by atoms with Crippen LogP contribution in [-0.4, -0.2) is 9.97 Å². The smallest absolute Gasteiger partial charge is 0.131 e. The first kappa shape index (κ1) is 9.19.